The first-order chi connectivity index (χ1) is 13.4. The molecule has 0 saturated carbocycles. The molecule has 4 rings (SSSR count). The van der Waals surface area contributed by atoms with Gasteiger partial charge in [-0.15, -0.1) is 0 Å². The van der Waals surface area contributed by atoms with Crippen LogP contribution in [-0.2, 0) is 20.0 Å². The van der Waals surface area contributed by atoms with Gasteiger partial charge >= 0.3 is 0 Å². The van der Waals surface area contributed by atoms with Gasteiger partial charge in [0, 0.05) is 32.2 Å². The van der Waals surface area contributed by atoms with E-state index in [4.69, 9.17) is 9.47 Å². The molecule has 2 aliphatic heterocycles. The number of hydrogen-bond acceptors (Lipinski definition) is 7. The minimum Gasteiger partial charge on any atom is -0.486 e. The summed E-state index contributed by atoms with van der Waals surface area (Å²) in [6, 6.07) is 4.51. The Morgan fingerprint density at radius 3 is 2.25 bits per heavy atom. The molecule has 0 amide bonds. The molecule has 0 radical (unpaired) electrons. The minimum absolute atomic E-state index is 0.00403. The molecule has 2 aliphatic rings. The lowest BCUT2D eigenvalue weighted by atomic mass is 10.3. The number of H-pyrrole nitrogens is 1. The quantitative estimate of drug-likeness (QED) is 0.741. The van der Waals surface area contributed by atoms with E-state index in [1.165, 1.54) is 33.3 Å². The Bertz CT molecular complexity index is 1050. The molecule has 12 heteroatoms. The van der Waals surface area contributed by atoms with Crippen molar-refractivity contribution >= 4 is 20.0 Å². The summed E-state index contributed by atoms with van der Waals surface area (Å²) in [5, 5.41) is -0.00403. The van der Waals surface area contributed by atoms with Gasteiger partial charge in [-0.3, -0.25) is 0 Å². The van der Waals surface area contributed by atoms with Crippen LogP contribution in [0.15, 0.2) is 40.6 Å². The molecule has 3 heterocycles. The molecule has 2 aromatic rings. The van der Waals surface area contributed by atoms with Gasteiger partial charge in [0.25, 0.3) is 10.0 Å². The van der Waals surface area contributed by atoms with Crippen molar-refractivity contribution in [2.75, 3.05) is 39.4 Å². The summed E-state index contributed by atoms with van der Waals surface area (Å²) in [7, 11) is -7.52. The normalized spacial score (nSPS) is 19.3. The number of benzene rings is 1. The van der Waals surface area contributed by atoms with Crippen molar-refractivity contribution in [1.29, 1.82) is 0 Å². The van der Waals surface area contributed by atoms with Crippen LogP contribution in [0.3, 0.4) is 0 Å². The molecule has 1 aromatic heterocycles. The Hall–Kier alpha value is -2.15. The Morgan fingerprint density at radius 2 is 1.57 bits per heavy atom. The number of fused-ring (bicyclic) bond motifs is 1. The predicted octanol–water partition coefficient (Wildman–Crippen LogP) is 0.266. The SMILES string of the molecule is O=S(=O)(c1ccc2c(c1)OCCO2)N1CCCN(S(=O)(=O)c2cnc[nH]2)CC1. The fourth-order valence-electron chi connectivity index (χ4n) is 3.21. The Balaban J connectivity index is 1.54. The van der Waals surface area contributed by atoms with E-state index in [0.29, 0.717) is 31.1 Å². The highest BCUT2D eigenvalue weighted by Crippen LogP contribution is 2.33. The molecule has 0 atom stereocenters. The number of sulfonamides is 2. The van der Waals surface area contributed by atoms with Gasteiger partial charge in [-0.05, 0) is 18.6 Å². The van der Waals surface area contributed by atoms with E-state index >= 15 is 0 Å². The van der Waals surface area contributed by atoms with Crippen molar-refractivity contribution in [3.05, 3.63) is 30.7 Å². The molecule has 28 heavy (non-hydrogen) atoms. The van der Waals surface area contributed by atoms with Crippen molar-refractivity contribution in [3.63, 3.8) is 0 Å². The van der Waals surface area contributed by atoms with Gasteiger partial charge in [-0.1, -0.05) is 0 Å². The molecule has 0 unspecified atom stereocenters. The van der Waals surface area contributed by atoms with E-state index in [1.807, 2.05) is 0 Å². The van der Waals surface area contributed by atoms with E-state index in [1.54, 1.807) is 6.07 Å². The second-order valence-corrected chi connectivity index (χ2v) is 10.2. The Labute approximate surface area is 163 Å². The van der Waals surface area contributed by atoms with Crippen molar-refractivity contribution in [3.8, 4) is 11.5 Å². The van der Waals surface area contributed by atoms with E-state index in [9.17, 15) is 16.8 Å². The van der Waals surface area contributed by atoms with Crippen LogP contribution in [0.2, 0.25) is 0 Å². The van der Waals surface area contributed by atoms with Gasteiger partial charge in [0.15, 0.2) is 16.5 Å². The van der Waals surface area contributed by atoms with E-state index in [0.717, 1.165) is 0 Å². The highest BCUT2D eigenvalue weighted by molar-refractivity contribution is 7.89. The molecular formula is C16H20N4O6S2. The number of aromatic amines is 1. The smallest absolute Gasteiger partial charge is 0.260 e. The predicted molar refractivity (Wildman–Crippen MR) is 98.2 cm³/mol. The van der Waals surface area contributed by atoms with Gasteiger partial charge in [0.05, 0.1) is 17.4 Å². The lowest BCUT2D eigenvalue weighted by Gasteiger charge is -2.23. The molecule has 0 bridgehead atoms. The summed E-state index contributed by atoms with van der Waals surface area (Å²) < 4.78 is 64.9. The van der Waals surface area contributed by atoms with Gasteiger partial charge in [0.1, 0.15) is 13.2 Å². The number of rotatable bonds is 4. The number of ether oxygens (including phenoxy) is 2. The summed E-state index contributed by atoms with van der Waals surface area (Å²) in [4.78, 5) is 6.44. The zero-order chi connectivity index (χ0) is 19.8. The summed E-state index contributed by atoms with van der Waals surface area (Å²) in [5.74, 6) is 0.906. The lowest BCUT2D eigenvalue weighted by molar-refractivity contribution is 0.171. The van der Waals surface area contributed by atoms with Crippen LogP contribution in [0.4, 0.5) is 0 Å². The van der Waals surface area contributed by atoms with Gasteiger partial charge in [-0.25, -0.2) is 21.8 Å². The zero-order valence-corrected chi connectivity index (χ0v) is 16.6. The fourth-order valence-corrected chi connectivity index (χ4v) is 6.06. The summed E-state index contributed by atoms with van der Waals surface area (Å²) in [5.41, 5.74) is 0. The molecule has 1 N–H and O–H groups in total. The average Bonchev–Trinajstić information content (AvgIpc) is 3.12. The summed E-state index contributed by atoms with van der Waals surface area (Å²) in [6.45, 7) is 1.36. The molecule has 1 aromatic carbocycles. The van der Waals surface area contributed by atoms with Crippen LogP contribution in [-0.4, -0.2) is 74.8 Å². The van der Waals surface area contributed by atoms with Crippen LogP contribution >= 0.6 is 0 Å². The van der Waals surface area contributed by atoms with Crippen LogP contribution in [0, 0.1) is 0 Å². The minimum atomic E-state index is -3.79. The first-order valence-corrected chi connectivity index (χ1v) is 11.7. The number of aromatic nitrogens is 2. The largest absolute Gasteiger partial charge is 0.486 e. The van der Waals surface area contributed by atoms with Crippen molar-refractivity contribution in [1.82, 2.24) is 18.6 Å². The standard InChI is InChI=1S/C16H20N4O6S2/c21-27(22,13-2-3-14-15(10-13)26-9-8-25-14)19-4-1-5-20(7-6-19)28(23,24)16-11-17-12-18-16/h2-3,10-12H,1,4-9H2,(H,17,18). The Morgan fingerprint density at radius 1 is 0.893 bits per heavy atom. The number of nitrogens with zero attached hydrogens (tertiary/aromatic N) is 3. The van der Waals surface area contributed by atoms with Crippen LogP contribution in [0.1, 0.15) is 6.42 Å². The molecule has 0 aliphatic carbocycles. The van der Waals surface area contributed by atoms with Crippen LogP contribution < -0.4 is 9.47 Å². The second kappa shape index (κ2) is 7.35. The van der Waals surface area contributed by atoms with E-state index in [-0.39, 0.29) is 36.1 Å². The van der Waals surface area contributed by atoms with Crippen LogP contribution in [0.25, 0.3) is 0 Å². The summed E-state index contributed by atoms with van der Waals surface area (Å²) in [6.07, 6.45) is 2.92. The Kier molecular flexibility index (Phi) is 5.04. The third-order valence-corrected chi connectivity index (χ3v) is 8.37. The maximum absolute atomic E-state index is 13.1. The zero-order valence-electron chi connectivity index (χ0n) is 14.9. The molecule has 0 spiro atoms. The third kappa shape index (κ3) is 3.48. The second-order valence-electron chi connectivity index (χ2n) is 6.38. The van der Waals surface area contributed by atoms with E-state index in [2.05, 4.69) is 9.97 Å². The molecular weight excluding hydrogens is 408 g/mol. The van der Waals surface area contributed by atoms with Crippen molar-refractivity contribution in [2.45, 2.75) is 16.3 Å². The topological polar surface area (TPSA) is 122 Å². The number of nitrogens with one attached hydrogen (secondary N) is 1. The first kappa shape index (κ1) is 19.2. The molecule has 10 nitrogen and oxygen atoms in total. The highest BCUT2D eigenvalue weighted by atomic mass is 32.2. The van der Waals surface area contributed by atoms with Gasteiger partial charge < -0.3 is 14.5 Å². The fraction of sp³-hybridized carbons (Fsp3) is 0.438. The number of imidazole rings is 1. The first-order valence-electron chi connectivity index (χ1n) is 8.77. The molecule has 1 saturated heterocycles. The van der Waals surface area contributed by atoms with Crippen LogP contribution in [0.5, 0.6) is 11.5 Å². The monoisotopic (exact) mass is 428 g/mol. The third-order valence-electron chi connectivity index (χ3n) is 4.66. The summed E-state index contributed by atoms with van der Waals surface area (Å²) >= 11 is 0. The molecule has 152 valence electrons. The van der Waals surface area contributed by atoms with Crippen molar-refractivity contribution < 1.29 is 26.3 Å². The highest BCUT2D eigenvalue weighted by Gasteiger charge is 2.32. The number of hydrogen-bond donors (Lipinski definition) is 1. The molecule has 1 fully saturated rings. The maximum atomic E-state index is 13.1. The maximum Gasteiger partial charge on any atom is 0.260 e. The average molecular weight is 428 g/mol. The van der Waals surface area contributed by atoms with Gasteiger partial charge in [-0.2, -0.15) is 8.61 Å². The van der Waals surface area contributed by atoms with Gasteiger partial charge in [0.2, 0.25) is 10.0 Å². The van der Waals surface area contributed by atoms with Crippen molar-refractivity contribution in [2.24, 2.45) is 0 Å². The van der Waals surface area contributed by atoms with E-state index < -0.39 is 20.0 Å². The lowest BCUT2D eigenvalue weighted by Crippen LogP contribution is -2.37.